The van der Waals surface area contributed by atoms with Crippen LogP contribution in [0.1, 0.15) is 0 Å². The Balaban J connectivity index is 3.82. The molecule has 50 valence electrons. The van der Waals surface area contributed by atoms with Crippen LogP contribution >= 0.6 is 0 Å². The van der Waals surface area contributed by atoms with Gasteiger partial charge in [-0.05, 0) is 0 Å². The van der Waals surface area contributed by atoms with Crippen molar-refractivity contribution in [3.63, 3.8) is 0 Å². The largest absolute Gasteiger partial charge is 0.511 e. The lowest BCUT2D eigenvalue weighted by Gasteiger charge is -2.28. The van der Waals surface area contributed by atoms with Crippen LogP contribution < -0.4 is 5.73 Å². The summed E-state index contributed by atoms with van der Waals surface area (Å²) in [5, 5.41) is 0. The molecule has 4 nitrogen and oxygen atoms in total. The van der Waals surface area contributed by atoms with Crippen molar-refractivity contribution in [3.05, 3.63) is 0 Å². The summed E-state index contributed by atoms with van der Waals surface area (Å²) in [5.41, 5.74) is 5.39. The lowest BCUT2D eigenvalue weighted by molar-refractivity contribution is 0.297. The highest BCUT2D eigenvalue weighted by atomic mass is 28.4. The Hall–Kier alpha value is 1.65. The molecular weight excluding hydrogens is 183 g/mol. The van der Waals surface area contributed by atoms with E-state index in [0.717, 1.165) is 0 Å². The predicted octanol–water partition coefficient (Wildman–Crippen LogP) is -3.88. The van der Waals surface area contributed by atoms with E-state index < -0.39 is 8.80 Å². The minimum atomic E-state index is -2.23. The second-order valence-corrected chi connectivity index (χ2v) is 8.17. The average Bonchev–Trinajstić information content (AvgIpc) is 1.95. The van der Waals surface area contributed by atoms with Crippen molar-refractivity contribution in [2.75, 3.05) is 6.17 Å². The van der Waals surface area contributed by atoms with Gasteiger partial charge in [0.25, 0.3) is 0 Å². The van der Waals surface area contributed by atoms with Gasteiger partial charge in [0.1, 0.15) is 0 Å². The van der Waals surface area contributed by atoms with Gasteiger partial charge in [-0.3, -0.25) is 0 Å². The number of nitrogens with two attached hydrogens (primary N) is 1. The van der Waals surface area contributed by atoms with E-state index in [1.54, 1.807) is 0 Å². The molecule has 0 bridgehead atoms. The van der Waals surface area contributed by atoms with E-state index in [4.69, 9.17) is 16.2 Å². The fourth-order valence-corrected chi connectivity index (χ4v) is 9.00. The fraction of sp³-hybridized carbons (Fsp3) is 1.00. The second kappa shape index (κ2) is 5.32. The van der Waals surface area contributed by atoms with Crippen LogP contribution in [0.2, 0.25) is 0 Å². The molecule has 0 aromatic carbocycles. The van der Waals surface area contributed by atoms with Gasteiger partial charge in [-0.2, -0.15) is 0 Å². The molecule has 0 aromatic rings. The molecule has 0 rings (SSSR count). The van der Waals surface area contributed by atoms with Crippen molar-refractivity contribution < 1.29 is 10.4 Å². The highest BCUT2D eigenvalue weighted by Gasteiger charge is 2.29. The zero-order valence-electron chi connectivity index (χ0n) is 6.01. The van der Waals surface area contributed by atoms with Crippen LogP contribution in [0.15, 0.2) is 0 Å². The Bertz CT molecular complexity index is 61.9. The summed E-state index contributed by atoms with van der Waals surface area (Å²) in [6.45, 7) is 0. The molecule has 0 aliphatic rings. The van der Waals surface area contributed by atoms with Crippen molar-refractivity contribution in [2.24, 2.45) is 5.73 Å². The number of hydrogen-bond donors (Lipinski definition) is 1. The molecule has 0 heterocycles. The van der Waals surface area contributed by atoms with Gasteiger partial charge in [-0.25, -0.2) is 0 Å². The SMILES string of the molecule is NC[Si]([O][AlH2])([O][AlH2])[O][AlH2]. The van der Waals surface area contributed by atoms with Gasteiger partial charge in [0.05, 0.1) is 6.17 Å². The molecule has 2 N–H and O–H groups in total. The maximum atomic E-state index is 5.39. The third kappa shape index (κ3) is 3.03. The lowest BCUT2D eigenvalue weighted by Crippen LogP contribution is -2.51. The molecule has 0 unspecified atom stereocenters. The third-order valence-corrected chi connectivity index (χ3v) is 9.15. The van der Waals surface area contributed by atoms with Gasteiger partial charge in [0.2, 0.25) is 0 Å². The van der Waals surface area contributed by atoms with Crippen molar-refractivity contribution in [2.45, 2.75) is 0 Å². The molecule has 0 saturated carbocycles. The summed E-state index contributed by atoms with van der Waals surface area (Å²) in [4.78, 5) is 0. The second-order valence-electron chi connectivity index (χ2n) is 1.50. The van der Waals surface area contributed by atoms with Crippen molar-refractivity contribution in [3.8, 4) is 0 Å². The molecule has 0 fully saturated rings. The highest BCUT2D eigenvalue weighted by Crippen LogP contribution is 1.99. The van der Waals surface area contributed by atoms with E-state index >= 15 is 0 Å². The van der Waals surface area contributed by atoms with Gasteiger partial charge in [-0.1, -0.05) is 0 Å². The van der Waals surface area contributed by atoms with Crippen molar-refractivity contribution in [1.29, 1.82) is 0 Å². The standard InChI is InChI=1S/CH4NO3Si.3Al.6H/c2-1-6(3,4)5;;;;;;;;;/h1-2H2;;;;;;;;;/q-3;3*+1;;;;;;. The van der Waals surface area contributed by atoms with Crippen molar-refractivity contribution >= 4 is 58.7 Å². The van der Waals surface area contributed by atoms with E-state index in [0.29, 0.717) is 56.0 Å². The molecule has 0 aromatic heterocycles. The Morgan fingerprint density at radius 1 is 1.11 bits per heavy atom. The van der Waals surface area contributed by atoms with Crippen LogP contribution in [-0.2, 0) is 10.4 Å². The van der Waals surface area contributed by atoms with Crippen LogP contribution in [0.25, 0.3) is 0 Å². The first kappa shape index (κ1) is 10.7. The van der Waals surface area contributed by atoms with E-state index in [9.17, 15) is 0 Å². The third-order valence-electron chi connectivity index (χ3n) is 1.18. The molecule has 0 spiro atoms. The van der Waals surface area contributed by atoms with Crippen LogP contribution in [-0.4, -0.2) is 64.8 Å². The quantitative estimate of drug-likeness (QED) is 0.464. The first-order chi connectivity index (χ1) is 4.24. The van der Waals surface area contributed by atoms with Gasteiger partial charge in [-0.15, -0.1) is 0 Å². The summed E-state index contributed by atoms with van der Waals surface area (Å²) >= 11 is 1.95. The summed E-state index contributed by atoms with van der Waals surface area (Å²) < 4.78 is 15.5. The zero-order chi connectivity index (χ0) is 7.33. The molecule has 0 aliphatic heterocycles. The van der Waals surface area contributed by atoms with E-state index in [-0.39, 0.29) is 0 Å². The molecule has 0 amide bonds. The minimum absolute atomic E-state index is 0.420. The Labute approximate surface area is 80.7 Å². The van der Waals surface area contributed by atoms with E-state index in [2.05, 4.69) is 0 Å². The van der Waals surface area contributed by atoms with Gasteiger partial charge in [0, 0.05) is 0 Å². The smallest absolute Gasteiger partial charge is 0.426 e. The normalized spacial score (nSPS) is 11.7. The molecule has 0 saturated heterocycles. The maximum Gasteiger partial charge on any atom is 0.426 e. The van der Waals surface area contributed by atoms with Crippen LogP contribution in [0.5, 0.6) is 0 Å². The molecule has 9 heavy (non-hydrogen) atoms. The first-order valence-electron chi connectivity index (χ1n) is 2.60. The van der Waals surface area contributed by atoms with E-state index in [1.165, 1.54) is 0 Å². The Kier molecular flexibility index (Phi) is 6.30. The maximum absolute atomic E-state index is 5.39. The minimum Gasteiger partial charge on any atom is -0.511 e. The molecule has 0 radical (unpaired) electrons. The fourth-order valence-electron chi connectivity index (χ4n) is 0.500. The highest BCUT2D eigenvalue weighted by molar-refractivity contribution is 6.69. The summed E-state index contributed by atoms with van der Waals surface area (Å²) in [7, 11) is -2.23. The van der Waals surface area contributed by atoms with Gasteiger partial charge < -0.3 is 16.2 Å². The summed E-state index contributed by atoms with van der Waals surface area (Å²) in [6, 6.07) is 0. The lowest BCUT2D eigenvalue weighted by atomic mass is 11.5. The Morgan fingerprint density at radius 3 is 1.44 bits per heavy atom. The predicted molar refractivity (Wildman–Crippen MR) is 43.7 cm³/mol. The molecule has 0 aliphatic carbocycles. The summed E-state index contributed by atoms with van der Waals surface area (Å²) in [5.74, 6) is 0. The molecular formula is CH10Al3NO3Si. The van der Waals surface area contributed by atoms with Crippen LogP contribution in [0, 0.1) is 0 Å². The van der Waals surface area contributed by atoms with Gasteiger partial charge in [0.15, 0.2) is 0 Å². The number of rotatable bonds is 4. The van der Waals surface area contributed by atoms with Crippen LogP contribution in [0.4, 0.5) is 0 Å². The molecule has 0 atom stereocenters. The van der Waals surface area contributed by atoms with E-state index in [1.807, 2.05) is 0 Å². The van der Waals surface area contributed by atoms with Crippen molar-refractivity contribution in [1.82, 2.24) is 0 Å². The van der Waals surface area contributed by atoms with Gasteiger partial charge >= 0.3 is 58.7 Å². The van der Waals surface area contributed by atoms with Crippen LogP contribution in [0.3, 0.4) is 0 Å². The monoisotopic (exact) mass is 193 g/mol. The molecule has 8 heteroatoms. The average molecular weight is 193 g/mol. The Morgan fingerprint density at radius 2 is 1.44 bits per heavy atom. The summed E-state index contributed by atoms with van der Waals surface area (Å²) in [6.07, 6.45) is 0.420. The zero-order valence-corrected chi connectivity index (χ0v) is 13.0. The number of hydrogen-bond acceptors (Lipinski definition) is 4. The topological polar surface area (TPSA) is 53.7 Å². The first-order valence-corrected chi connectivity index (χ1v) is 6.98.